The largest absolute Gasteiger partial charge is 0.486 e. The van der Waals surface area contributed by atoms with Gasteiger partial charge in [-0.05, 0) is 36.8 Å². The summed E-state index contributed by atoms with van der Waals surface area (Å²) >= 11 is 0. The van der Waals surface area contributed by atoms with Crippen molar-refractivity contribution in [2.24, 2.45) is 0 Å². The quantitative estimate of drug-likeness (QED) is 0.805. The highest BCUT2D eigenvalue weighted by Gasteiger charge is 2.19. The Labute approximate surface area is 152 Å². The smallest absolute Gasteiger partial charge is 0.240 e. The topological polar surface area (TPSA) is 93.7 Å². The first kappa shape index (κ1) is 18.2. The average molecular weight is 376 g/mol. The van der Waals surface area contributed by atoms with Crippen LogP contribution in [-0.4, -0.2) is 34.1 Å². The van der Waals surface area contributed by atoms with E-state index in [1.165, 1.54) is 12.1 Å². The maximum absolute atomic E-state index is 12.4. The molecule has 0 aromatic heterocycles. The molecule has 0 unspecified atom stereocenters. The molecule has 7 nitrogen and oxygen atoms in total. The minimum Gasteiger partial charge on any atom is -0.486 e. The minimum absolute atomic E-state index is 0.00553. The normalized spacial score (nSPS) is 13.3. The van der Waals surface area contributed by atoms with Crippen LogP contribution in [0.15, 0.2) is 47.4 Å². The van der Waals surface area contributed by atoms with Crippen molar-refractivity contribution >= 4 is 21.6 Å². The van der Waals surface area contributed by atoms with Crippen LogP contribution in [0, 0.1) is 6.92 Å². The number of hydrogen-bond donors (Lipinski definition) is 2. The van der Waals surface area contributed by atoms with Gasteiger partial charge >= 0.3 is 0 Å². The van der Waals surface area contributed by atoms with Gasteiger partial charge in [0.2, 0.25) is 15.9 Å². The first-order valence-corrected chi connectivity index (χ1v) is 9.68. The van der Waals surface area contributed by atoms with Gasteiger partial charge in [-0.1, -0.05) is 12.1 Å². The molecule has 0 radical (unpaired) electrons. The lowest BCUT2D eigenvalue weighted by Gasteiger charge is -2.18. The van der Waals surface area contributed by atoms with Crippen LogP contribution in [0.25, 0.3) is 0 Å². The monoisotopic (exact) mass is 376 g/mol. The van der Waals surface area contributed by atoms with Gasteiger partial charge < -0.3 is 14.8 Å². The number of fused-ring (bicyclic) bond motifs is 1. The molecular formula is C18H20N2O5S. The fourth-order valence-electron chi connectivity index (χ4n) is 2.52. The fraction of sp³-hybridized carbons (Fsp3) is 0.278. The van der Waals surface area contributed by atoms with E-state index in [-0.39, 0.29) is 23.8 Å². The highest BCUT2D eigenvalue weighted by Crippen LogP contribution is 2.32. The van der Waals surface area contributed by atoms with Crippen molar-refractivity contribution in [2.75, 3.05) is 25.1 Å². The van der Waals surface area contributed by atoms with E-state index in [4.69, 9.17) is 9.47 Å². The molecule has 0 aliphatic carbocycles. The predicted octanol–water partition coefficient (Wildman–Crippen LogP) is 2.07. The van der Waals surface area contributed by atoms with Crippen LogP contribution in [0.3, 0.4) is 0 Å². The molecule has 0 saturated heterocycles. The molecule has 2 aromatic rings. The Morgan fingerprint density at radius 3 is 2.62 bits per heavy atom. The zero-order valence-electron chi connectivity index (χ0n) is 14.3. The number of anilines is 1. The molecule has 2 N–H and O–H groups in total. The molecule has 1 amide bonds. The number of carbonyl (C=O) groups is 1. The molecule has 0 saturated carbocycles. The molecule has 3 rings (SSSR count). The van der Waals surface area contributed by atoms with Gasteiger partial charge in [-0.3, -0.25) is 4.79 Å². The first-order chi connectivity index (χ1) is 12.4. The standard InChI is InChI=1S/C18H20N2O5S/c1-13-3-2-4-14(11-13)20-18(21)7-8-19-26(22,23)15-5-6-16-17(12-15)25-10-9-24-16/h2-6,11-12,19H,7-10H2,1H3,(H,20,21). The van der Waals surface area contributed by atoms with E-state index in [1.54, 1.807) is 12.1 Å². The molecule has 2 aromatic carbocycles. The molecule has 26 heavy (non-hydrogen) atoms. The highest BCUT2D eigenvalue weighted by atomic mass is 32.2. The second-order valence-corrected chi connectivity index (χ2v) is 7.64. The number of benzene rings is 2. The van der Waals surface area contributed by atoms with Crippen molar-refractivity contribution in [1.82, 2.24) is 4.72 Å². The lowest BCUT2D eigenvalue weighted by atomic mass is 10.2. The molecule has 0 spiro atoms. The molecule has 1 aliphatic rings. The number of amides is 1. The third-order valence-corrected chi connectivity index (χ3v) is 5.23. The van der Waals surface area contributed by atoms with E-state index >= 15 is 0 Å². The summed E-state index contributed by atoms with van der Waals surface area (Å²) in [6.07, 6.45) is 0.0255. The molecule has 0 atom stereocenters. The Kier molecular flexibility index (Phi) is 5.43. The third kappa shape index (κ3) is 4.53. The van der Waals surface area contributed by atoms with Crippen LogP contribution in [0.4, 0.5) is 5.69 Å². The zero-order chi connectivity index (χ0) is 18.6. The van der Waals surface area contributed by atoms with Crippen LogP contribution in [0.1, 0.15) is 12.0 Å². The van der Waals surface area contributed by atoms with Gasteiger partial charge in [0.15, 0.2) is 11.5 Å². The maximum atomic E-state index is 12.4. The summed E-state index contributed by atoms with van der Waals surface area (Å²) in [7, 11) is -3.73. The van der Waals surface area contributed by atoms with E-state index < -0.39 is 10.0 Å². The van der Waals surface area contributed by atoms with Crippen molar-refractivity contribution in [3.8, 4) is 11.5 Å². The number of rotatable bonds is 6. The summed E-state index contributed by atoms with van der Waals surface area (Å²) in [5.41, 5.74) is 1.71. The fourth-order valence-corrected chi connectivity index (χ4v) is 3.57. The number of carbonyl (C=O) groups excluding carboxylic acids is 1. The summed E-state index contributed by atoms with van der Waals surface area (Å²) in [4.78, 5) is 12.0. The minimum atomic E-state index is -3.73. The van der Waals surface area contributed by atoms with Crippen LogP contribution >= 0.6 is 0 Å². The number of ether oxygens (including phenoxy) is 2. The van der Waals surface area contributed by atoms with E-state index in [2.05, 4.69) is 10.0 Å². The zero-order valence-corrected chi connectivity index (χ0v) is 15.1. The van der Waals surface area contributed by atoms with Crippen molar-refractivity contribution < 1.29 is 22.7 Å². The molecular weight excluding hydrogens is 356 g/mol. The number of aryl methyl sites for hydroxylation is 1. The van der Waals surface area contributed by atoms with Gasteiger partial charge in [0.1, 0.15) is 13.2 Å². The number of sulfonamides is 1. The highest BCUT2D eigenvalue weighted by molar-refractivity contribution is 7.89. The second kappa shape index (κ2) is 7.76. The van der Waals surface area contributed by atoms with Crippen LogP contribution in [0.2, 0.25) is 0 Å². The summed E-state index contributed by atoms with van der Waals surface area (Å²) in [5, 5.41) is 2.74. The van der Waals surface area contributed by atoms with E-state index in [0.717, 1.165) is 5.56 Å². The Bertz CT molecular complexity index is 912. The van der Waals surface area contributed by atoms with Crippen LogP contribution in [0.5, 0.6) is 11.5 Å². The lowest BCUT2D eigenvalue weighted by molar-refractivity contribution is -0.116. The molecule has 8 heteroatoms. The lowest BCUT2D eigenvalue weighted by Crippen LogP contribution is -2.28. The SMILES string of the molecule is Cc1cccc(NC(=O)CCNS(=O)(=O)c2ccc3c(c2)OCCO3)c1. The molecule has 0 bridgehead atoms. The Morgan fingerprint density at radius 2 is 1.85 bits per heavy atom. The van der Waals surface area contributed by atoms with Gasteiger partial charge in [0.05, 0.1) is 4.90 Å². The van der Waals surface area contributed by atoms with Crippen molar-refractivity contribution in [1.29, 1.82) is 0 Å². The Hall–Kier alpha value is -2.58. The van der Waals surface area contributed by atoms with Crippen molar-refractivity contribution in [2.45, 2.75) is 18.2 Å². The number of nitrogens with one attached hydrogen (secondary N) is 2. The predicted molar refractivity (Wildman–Crippen MR) is 97.0 cm³/mol. The van der Waals surface area contributed by atoms with Gasteiger partial charge in [0, 0.05) is 24.7 Å². The van der Waals surface area contributed by atoms with E-state index in [0.29, 0.717) is 30.4 Å². The van der Waals surface area contributed by atoms with E-state index in [1.807, 2.05) is 25.1 Å². The number of hydrogen-bond acceptors (Lipinski definition) is 5. The van der Waals surface area contributed by atoms with Crippen LogP contribution in [-0.2, 0) is 14.8 Å². The molecule has 1 heterocycles. The average Bonchev–Trinajstić information content (AvgIpc) is 2.61. The summed E-state index contributed by atoms with van der Waals surface area (Å²) in [5.74, 6) is 0.657. The Balaban J connectivity index is 1.56. The molecule has 0 fully saturated rings. The van der Waals surface area contributed by atoms with Gasteiger partial charge in [-0.2, -0.15) is 0 Å². The van der Waals surface area contributed by atoms with Gasteiger partial charge in [-0.25, -0.2) is 13.1 Å². The molecule has 1 aliphatic heterocycles. The maximum Gasteiger partial charge on any atom is 0.240 e. The second-order valence-electron chi connectivity index (χ2n) is 5.87. The third-order valence-electron chi connectivity index (χ3n) is 3.77. The van der Waals surface area contributed by atoms with E-state index in [9.17, 15) is 13.2 Å². The summed E-state index contributed by atoms with van der Waals surface area (Å²) in [6.45, 7) is 2.74. The van der Waals surface area contributed by atoms with Crippen molar-refractivity contribution in [3.05, 3.63) is 48.0 Å². The van der Waals surface area contributed by atoms with Gasteiger partial charge in [-0.15, -0.1) is 0 Å². The van der Waals surface area contributed by atoms with Crippen LogP contribution < -0.4 is 19.5 Å². The summed E-state index contributed by atoms with van der Waals surface area (Å²) in [6, 6.07) is 11.8. The van der Waals surface area contributed by atoms with Crippen molar-refractivity contribution in [3.63, 3.8) is 0 Å². The molecule has 138 valence electrons. The van der Waals surface area contributed by atoms with Gasteiger partial charge in [0.25, 0.3) is 0 Å². The Morgan fingerprint density at radius 1 is 1.08 bits per heavy atom. The summed E-state index contributed by atoms with van der Waals surface area (Å²) < 4.78 is 37.9. The first-order valence-electron chi connectivity index (χ1n) is 8.20.